The topological polar surface area (TPSA) is 36.0 Å². The van der Waals surface area contributed by atoms with Gasteiger partial charge in [-0.3, -0.25) is 14.6 Å². The lowest BCUT2D eigenvalue weighted by atomic mass is 9.91. The zero-order chi connectivity index (χ0) is 20.4. The quantitative estimate of drug-likeness (QED) is 0.757. The molecule has 3 aliphatic rings. The molecule has 2 heterocycles. The second-order valence-electron chi connectivity index (χ2n) is 9.04. The Kier molecular flexibility index (Phi) is 6.40. The van der Waals surface area contributed by atoms with E-state index in [2.05, 4.69) is 28.5 Å². The van der Waals surface area contributed by atoms with E-state index in [1.54, 1.807) is 12.1 Å². The molecule has 1 aromatic carbocycles. The third kappa shape index (κ3) is 4.75. The van der Waals surface area contributed by atoms with Crippen molar-refractivity contribution in [3.05, 3.63) is 30.1 Å². The highest BCUT2D eigenvalue weighted by Gasteiger charge is 2.41. The van der Waals surface area contributed by atoms with Crippen LogP contribution in [0.1, 0.15) is 46.0 Å². The minimum Gasteiger partial charge on any atom is -0.489 e. The van der Waals surface area contributed by atoms with Crippen LogP contribution in [0.4, 0.5) is 4.39 Å². The Hall–Kier alpha value is -1.66. The van der Waals surface area contributed by atoms with Crippen molar-refractivity contribution in [3.63, 3.8) is 0 Å². The molecule has 2 saturated heterocycles. The SMILES string of the molecule is CC(C)N1CC(Oc2ccc(F)cc2)CC1C(=O)N1CCCN(C2CCC2)CC1. The van der Waals surface area contributed by atoms with Gasteiger partial charge >= 0.3 is 0 Å². The van der Waals surface area contributed by atoms with E-state index in [0.29, 0.717) is 12.2 Å². The molecule has 5 nitrogen and oxygen atoms in total. The summed E-state index contributed by atoms with van der Waals surface area (Å²) in [4.78, 5) is 20.4. The molecule has 2 atom stereocenters. The van der Waals surface area contributed by atoms with Gasteiger partial charge in [-0.1, -0.05) is 6.42 Å². The fourth-order valence-corrected chi connectivity index (χ4v) is 4.91. The van der Waals surface area contributed by atoms with Crippen molar-refractivity contribution in [2.75, 3.05) is 32.7 Å². The summed E-state index contributed by atoms with van der Waals surface area (Å²) in [5.74, 6) is 0.649. The first-order chi connectivity index (χ1) is 14.0. The Balaban J connectivity index is 1.38. The molecule has 160 valence electrons. The fraction of sp³-hybridized carbons (Fsp3) is 0.696. The van der Waals surface area contributed by atoms with Crippen molar-refractivity contribution in [1.82, 2.24) is 14.7 Å². The molecule has 1 aliphatic carbocycles. The first-order valence-corrected chi connectivity index (χ1v) is 11.2. The highest BCUT2D eigenvalue weighted by Crippen LogP contribution is 2.28. The molecule has 0 bridgehead atoms. The number of ether oxygens (including phenoxy) is 1. The Morgan fingerprint density at radius 1 is 1.07 bits per heavy atom. The van der Waals surface area contributed by atoms with E-state index in [1.807, 2.05) is 0 Å². The maximum Gasteiger partial charge on any atom is 0.240 e. The summed E-state index contributed by atoms with van der Waals surface area (Å²) >= 11 is 0. The number of carbonyl (C=O) groups is 1. The smallest absolute Gasteiger partial charge is 0.240 e. The summed E-state index contributed by atoms with van der Waals surface area (Å²) in [6, 6.07) is 7.05. The van der Waals surface area contributed by atoms with E-state index < -0.39 is 0 Å². The predicted octanol–water partition coefficient (Wildman–Crippen LogP) is 3.14. The van der Waals surface area contributed by atoms with E-state index in [1.165, 1.54) is 31.4 Å². The monoisotopic (exact) mass is 403 g/mol. The summed E-state index contributed by atoms with van der Waals surface area (Å²) in [5, 5.41) is 0. The molecular formula is C23H34FN3O2. The van der Waals surface area contributed by atoms with Crippen LogP contribution >= 0.6 is 0 Å². The molecule has 0 spiro atoms. The van der Waals surface area contributed by atoms with E-state index in [4.69, 9.17) is 4.74 Å². The lowest BCUT2D eigenvalue weighted by Crippen LogP contribution is -2.49. The summed E-state index contributed by atoms with van der Waals surface area (Å²) in [6.07, 6.45) is 5.70. The van der Waals surface area contributed by atoms with Crippen molar-refractivity contribution in [3.8, 4) is 5.75 Å². The molecule has 6 heteroatoms. The van der Waals surface area contributed by atoms with E-state index in [-0.39, 0.29) is 29.9 Å². The van der Waals surface area contributed by atoms with Gasteiger partial charge in [-0.15, -0.1) is 0 Å². The molecule has 4 rings (SSSR count). The molecule has 0 N–H and O–H groups in total. The standard InChI is InChI=1S/C23H34FN3O2/c1-17(2)27-16-21(29-20-9-7-18(24)8-10-20)15-22(27)23(28)26-12-4-11-25(13-14-26)19-5-3-6-19/h7-10,17,19,21-22H,3-6,11-16H2,1-2H3. The van der Waals surface area contributed by atoms with Gasteiger partial charge in [0.2, 0.25) is 5.91 Å². The van der Waals surface area contributed by atoms with Crippen LogP contribution in [0.25, 0.3) is 0 Å². The maximum atomic E-state index is 13.4. The molecule has 2 aliphatic heterocycles. The molecule has 3 fully saturated rings. The molecule has 2 unspecified atom stereocenters. The highest BCUT2D eigenvalue weighted by molar-refractivity contribution is 5.82. The molecule has 1 saturated carbocycles. The second kappa shape index (κ2) is 9.00. The number of likely N-dealkylation sites (tertiary alicyclic amines) is 1. The summed E-state index contributed by atoms with van der Waals surface area (Å²) in [7, 11) is 0. The lowest BCUT2D eigenvalue weighted by molar-refractivity contribution is -0.136. The zero-order valence-electron chi connectivity index (χ0n) is 17.7. The third-order valence-corrected chi connectivity index (χ3v) is 6.80. The maximum absolute atomic E-state index is 13.4. The molecule has 0 radical (unpaired) electrons. The van der Waals surface area contributed by atoms with Crippen LogP contribution in [0.3, 0.4) is 0 Å². The Bertz CT molecular complexity index is 692. The van der Waals surface area contributed by atoms with Gasteiger partial charge in [0.1, 0.15) is 17.7 Å². The van der Waals surface area contributed by atoms with Crippen LogP contribution < -0.4 is 4.74 Å². The van der Waals surface area contributed by atoms with Gasteiger partial charge in [0.25, 0.3) is 0 Å². The number of amides is 1. The van der Waals surface area contributed by atoms with E-state index in [9.17, 15) is 9.18 Å². The van der Waals surface area contributed by atoms with Crippen LogP contribution in [0.15, 0.2) is 24.3 Å². The van der Waals surface area contributed by atoms with Crippen molar-refractivity contribution >= 4 is 5.91 Å². The van der Waals surface area contributed by atoms with Gasteiger partial charge in [-0.25, -0.2) is 4.39 Å². The summed E-state index contributed by atoms with van der Waals surface area (Å²) in [6.45, 7) is 8.81. The van der Waals surface area contributed by atoms with Crippen LogP contribution in [0.5, 0.6) is 5.75 Å². The van der Waals surface area contributed by atoms with Crippen molar-refractivity contribution in [2.45, 2.75) is 70.2 Å². The normalized spacial score (nSPS) is 27.1. The van der Waals surface area contributed by atoms with Crippen LogP contribution in [0, 0.1) is 5.82 Å². The number of rotatable bonds is 5. The van der Waals surface area contributed by atoms with Gasteiger partial charge in [-0.2, -0.15) is 0 Å². The Labute approximate surface area is 173 Å². The Morgan fingerprint density at radius 3 is 2.48 bits per heavy atom. The molecule has 1 amide bonds. The van der Waals surface area contributed by atoms with Crippen LogP contribution in [-0.2, 0) is 4.79 Å². The molecule has 29 heavy (non-hydrogen) atoms. The summed E-state index contributed by atoms with van der Waals surface area (Å²) in [5.41, 5.74) is 0. The van der Waals surface area contributed by atoms with Gasteiger partial charge in [0.05, 0.1) is 6.04 Å². The first-order valence-electron chi connectivity index (χ1n) is 11.2. The van der Waals surface area contributed by atoms with Crippen molar-refractivity contribution in [2.24, 2.45) is 0 Å². The fourth-order valence-electron chi connectivity index (χ4n) is 4.91. The van der Waals surface area contributed by atoms with Gasteiger partial charge < -0.3 is 9.64 Å². The predicted molar refractivity (Wildman–Crippen MR) is 111 cm³/mol. The number of carbonyl (C=O) groups excluding carboxylic acids is 1. The lowest BCUT2D eigenvalue weighted by Gasteiger charge is -2.37. The molecule has 0 aromatic heterocycles. The van der Waals surface area contributed by atoms with E-state index in [0.717, 1.165) is 45.2 Å². The number of benzene rings is 1. The highest BCUT2D eigenvalue weighted by atomic mass is 19.1. The van der Waals surface area contributed by atoms with Crippen LogP contribution in [0.2, 0.25) is 0 Å². The number of nitrogens with zero attached hydrogens (tertiary/aromatic N) is 3. The minimum absolute atomic E-state index is 0.0461. The second-order valence-corrected chi connectivity index (χ2v) is 9.04. The molecular weight excluding hydrogens is 369 g/mol. The summed E-state index contributed by atoms with van der Waals surface area (Å²) < 4.78 is 19.2. The number of halogens is 1. The first kappa shape index (κ1) is 20.6. The third-order valence-electron chi connectivity index (χ3n) is 6.80. The number of hydrogen-bond acceptors (Lipinski definition) is 4. The van der Waals surface area contributed by atoms with Gasteiger partial charge in [-0.05, 0) is 57.4 Å². The van der Waals surface area contributed by atoms with E-state index >= 15 is 0 Å². The van der Waals surface area contributed by atoms with Crippen molar-refractivity contribution in [1.29, 1.82) is 0 Å². The van der Waals surface area contributed by atoms with Gasteiger partial charge in [0, 0.05) is 51.2 Å². The average Bonchev–Trinajstić information content (AvgIpc) is 2.93. The zero-order valence-corrected chi connectivity index (χ0v) is 17.7. The Morgan fingerprint density at radius 2 is 1.83 bits per heavy atom. The minimum atomic E-state index is -0.266. The van der Waals surface area contributed by atoms with Crippen molar-refractivity contribution < 1.29 is 13.9 Å². The van der Waals surface area contributed by atoms with Crippen LogP contribution in [-0.4, -0.2) is 77.6 Å². The number of hydrogen-bond donors (Lipinski definition) is 0. The largest absolute Gasteiger partial charge is 0.489 e. The van der Waals surface area contributed by atoms with Gasteiger partial charge in [0.15, 0.2) is 0 Å². The molecule has 1 aromatic rings. The average molecular weight is 404 g/mol.